The number of hydrogen-bond acceptors (Lipinski definition) is 4. The molecule has 1 aliphatic heterocycles. The standard InChI is InChI=1S/C22H25N3O3/c1-2-3-4-7-12-25-18-9-6-5-8-17(18)21(24-25)22(26)23-14-16-10-11-19-20(13-16)28-15-27-19/h5-6,8-11,13H,2-4,7,12,14-15H2,1H3,(H,23,26). The smallest absolute Gasteiger partial charge is 0.272 e. The molecule has 0 atom stereocenters. The summed E-state index contributed by atoms with van der Waals surface area (Å²) in [5, 5.41) is 8.48. The average Bonchev–Trinajstić information content (AvgIpc) is 3.34. The molecule has 1 aliphatic rings. The fraction of sp³-hybridized carbons (Fsp3) is 0.364. The molecule has 0 bridgehead atoms. The Morgan fingerprint density at radius 3 is 2.86 bits per heavy atom. The quantitative estimate of drug-likeness (QED) is 0.594. The van der Waals surface area contributed by atoms with Gasteiger partial charge in [0.15, 0.2) is 17.2 Å². The zero-order chi connectivity index (χ0) is 19.3. The molecule has 0 fully saturated rings. The van der Waals surface area contributed by atoms with E-state index in [4.69, 9.17) is 9.47 Å². The monoisotopic (exact) mass is 379 g/mol. The number of benzene rings is 2. The number of unbranched alkanes of at least 4 members (excludes halogenated alkanes) is 3. The van der Waals surface area contributed by atoms with Gasteiger partial charge in [0.05, 0.1) is 5.52 Å². The van der Waals surface area contributed by atoms with E-state index in [1.54, 1.807) is 0 Å². The summed E-state index contributed by atoms with van der Waals surface area (Å²) in [5.74, 6) is 1.29. The van der Waals surface area contributed by atoms with E-state index >= 15 is 0 Å². The van der Waals surface area contributed by atoms with Crippen molar-refractivity contribution in [2.75, 3.05) is 6.79 Å². The topological polar surface area (TPSA) is 65.4 Å². The molecule has 0 aliphatic carbocycles. The van der Waals surface area contributed by atoms with Gasteiger partial charge in [-0.15, -0.1) is 0 Å². The van der Waals surface area contributed by atoms with Gasteiger partial charge in [-0.25, -0.2) is 0 Å². The van der Waals surface area contributed by atoms with E-state index in [-0.39, 0.29) is 12.7 Å². The van der Waals surface area contributed by atoms with Crippen LogP contribution < -0.4 is 14.8 Å². The number of hydrogen-bond donors (Lipinski definition) is 1. The average molecular weight is 379 g/mol. The summed E-state index contributed by atoms with van der Waals surface area (Å²) in [6, 6.07) is 13.6. The molecule has 2 aromatic carbocycles. The number of carbonyl (C=O) groups excluding carboxylic acids is 1. The molecule has 4 rings (SSSR count). The summed E-state index contributed by atoms with van der Waals surface area (Å²) in [7, 11) is 0. The second kappa shape index (κ2) is 8.33. The summed E-state index contributed by atoms with van der Waals surface area (Å²) in [4.78, 5) is 12.8. The Hall–Kier alpha value is -3.02. The van der Waals surface area contributed by atoms with Crippen LogP contribution in [0.2, 0.25) is 0 Å². The highest BCUT2D eigenvalue weighted by molar-refractivity contribution is 6.04. The van der Waals surface area contributed by atoms with Gasteiger partial charge in [-0.3, -0.25) is 9.48 Å². The van der Waals surface area contributed by atoms with Crippen molar-refractivity contribution in [1.82, 2.24) is 15.1 Å². The highest BCUT2D eigenvalue weighted by atomic mass is 16.7. The van der Waals surface area contributed by atoms with E-state index in [1.165, 1.54) is 19.3 Å². The van der Waals surface area contributed by atoms with Crippen LogP contribution in [-0.4, -0.2) is 22.5 Å². The Labute approximate surface area is 164 Å². The van der Waals surface area contributed by atoms with E-state index in [1.807, 2.05) is 47.1 Å². The molecule has 6 heteroatoms. The van der Waals surface area contributed by atoms with Crippen molar-refractivity contribution in [2.24, 2.45) is 0 Å². The number of ether oxygens (including phenoxy) is 2. The molecule has 2 heterocycles. The molecule has 1 N–H and O–H groups in total. The van der Waals surface area contributed by atoms with E-state index in [9.17, 15) is 4.79 Å². The van der Waals surface area contributed by atoms with E-state index in [0.717, 1.165) is 35.2 Å². The van der Waals surface area contributed by atoms with E-state index in [2.05, 4.69) is 17.3 Å². The summed E-state index contributed by atoms with van der Waals surface area (Å²) >= 11 is 0. The Balaban J connectivity index is 1.47. The highest BCUT2D eigenvalue weighted by Crippen LogP contribution is 2.32. The molecule has 1 amide bonds. The summed E-state index contributed by atoms with van der Waals surface area (Å²) in [5.41, 5.74) is 2.44. The molecule has 28 heavy (non-hydrogen) atoms. The minimum Gasteiger partial charge on any atom is -0.454 e. The van der Waals surface area contributed by atoms with Gasteiger partial charge in [0, 0.05) is 18.5 Å². The molecule has 0 saturated heterocycles. The second-order valence-corrected chi connectivity index (χ2v) is 7.02. The number of nitrogens with zero attached hydrogens (tertiary/aromatic N) is 2. The fourth-order valence-corrected chi connectivity index (χ4v) is 3.47. The van der Waals surface area contributed by atoms with Crippen molar-refractivity contribution in [3.63, 3.8) is 0 Å². The molecular formula is C22H25N3O3. The first-order chi connectivity index (χ1) is 13.8. The maximum atomic E-state index is 12.8. The maximum absolute atomic E-state index is 12.8. The van der Waals surface area contributed by atoms with Gasteiger partial charge in [-0.1, -0.05) is 50.5 Å². The Kier molecular flexibility index (Phi) is 5.46. The van der Waals surface area contributed by atoms with Crippen LogP contribution in [0, 0.1) is 0 Å². The predicted molar refractivity (Wildman–Crippen MR) is 108 cm³/mol. The van der Waals surface area contributed by atoms with Crippen molar-refractivity contribution >= 4 is 16.8 Å². The van der Waals surface area contributed by atoms with E-state index in [0.29, 0.717) is 18.0 Å². The van der Waals surface area contributed by atoms with Crippen LogP contribution in [0.3, 0.4) is 0 Å². The number of rotatable bonds is 8. The number of para-hydroxylation sites is 1. The minimum atomic E-state index is -0.166. The highest BCUT2D eigenvalue weighted by Gasteiger charge is 2.18. The maximum Gasteiger partial charge on any atom is 0.272 e. The molecule has 0 radical (unpaired) electrons. The molecular weight excluding hydrogens is 354 g/mol. The van der Waals surface area contributed by atoms with Crippen molar-refractivity contribution in [3.8, 4) is 11.5 Å². The van der Waals surface area contributed by atoms with Gasteiger partial charge in [0.25, 0.3) is 5.91 Å². The molecule has 6 nitrogen and oxygen atoms in total. The Morgan fingerprint density at radius 1 is 1.11 bits per heavy atom. The number of carbonyl (C=O) groups is 1. The third-order valence-electron chi connectivity index (χ3n) is 4.99. The fourth-order valence-electron chi connectivity index (χ4n) is 3.47. The molecule has 0 spiro atoms. The van der Waals surface area contributed by atoms with Gasteiger partial charge in [0.1, 0.15) is 0 Å². The van der Waals surface area contributed by atoms with Crippen LogP contribution in [0.25, 0.3) is 10.9 Å². The SMILES string of the molecule is CCCCCCn1nc(C(=O)NCc2ccc3c(c2)OCO3)c2ccccc21. The van der Waals surface area contributed by atoms with Crippen LogP contribution in [0.15, 0.2) is 42.5 Å². The summed E-state index contributed by atoms with van der Waals surface area (Å²) < 4.78 is 12.7. The van der Waals surface area contributed by atoms with Crippen LogP contribution in [0.1, 0.15) is 48.7 Å². The number of aryl methyl sites for hydroxylation is 1. The lowest BCUT2D eigenvalue weighted by Gasteiger charge is -2.05. The van der Waals surface area contributed by atoms with Crippen molar-refractivity contribution < 1.29 is 14.3 Å². The largest absolute Gasteiger partial charge is 0.454 e. The lowest BCUT2D eigenvalue weighted by Crippen LogP contribution is -2.23. The third-order valence-corrected chi connectivity index (χ3v) is 4.99. The molecule has 3 aromatic rings. The second-order valence-electron chi connectivity index (χ2n) is 7.02. The van der Waals surface area contributed by atoms with Crippen molar-refractivity contribution in [2.45, 2.75) is 45.7 Å². The molecule has 0 unspecified atom stereocenters. The number of amides is 1. The zero-order valence-corrected chi connectivity index (χ0v) is 16.1. The summed E-state index contributed by atoms with van der Waals surface area (Å²) in [6.07, 6.45) is 4.67. The third kappa shape index (κ3) is 3.81. The van der Waals surface area contributed by atoms with Gasteiger partial charge in [-0.2, -0.15) is 5.10 Å². The van der Waals surface area contributed by atoms with Crippen LogP contribution in [0.4, 0.5) is 0 Å². The molecule has 1 aromatic heterocycles. The van der Waals surface area contributed by atoms with Gasteiger partial charge < -0.3 is 14.8 Å². The predicted octanol–water partition coefficient (Wildman–Crippen LogP) is 4.28. The van der Waals surface area contributed by atoms with Crippen LogP contribution in [0.5, 0.6) is 11.5 Å². The van der Waals surface area contributed by atoms with Crippen LogP contribution >= 0.6 is 0 Å². The minimum absolute atomic E-state index is 0.166. The van der Waals surface area contributed by atoms with Gasteiger partial charge in [-0.05, 0) is 30.2 Å². The van der Waals surface area contributed by atoms with Gasteiger partial charge >= 0.3 is 0 Å². The zero-order valence-electron chi connectivity index (χ0n) is 16.1. The first-order valence-electron chi connectivity index (χ1n) is 9.88. The van der Waals surface area contributed by atoms with Gasteiger partial charge in [0.2, 0.25) is 6.79 Å². The summed E-state index contributed by atoms with van der Waals surface area (Å²) in [6.45, 7) is 3.68. The first kappa shape index (κ1) is 18.3. The first-order valence-corrected chi connectivity index (χ1v) is 9.88. The van der Waals surface area contributed by atoms with Crippen molar-refractivity contribution in [1.29, 1.82) is 0 Å². The Bertz CT molecular complexity index is 980. The number of fused-ring (bicyclic) bond motifs is 2. The lowest BCUT2D eigenvalue weighted by atomic mass is 10.1. The number of nitrogens with one attached hydrogen (secondary N) is 1. The van der Waals surface area contributed by atoms with E-state index < -0.39 is 0 Å². The molecule has 146 valence electrons. The normalized spacial score (nSPS) is 12.5. The molecule has 0 saturated carbocycles. The Morgan fingerprint density at radius 2 is 1.96 bits per heavy atom. The number of aromatic nitrogens is 2. The lowest BCUT2D eigenvalue weighted by molar-refractivity contribution is 0.0946. The van der Waals surface area contributed by atoms with Crippen molar-refractivity contribution in [3.05, 3.63) is 53.7 Å². The van der Waals surface area contributed by atoms with Crippen LogP contribution in [-0.2, 0) is 13.1 Å².